The molecule has 4 aromatic rings. The van der Waals surface area contributed by atoms with E-state index in [1.807, 2.05) is 31.2 Å². The number of amides is 1. The van der Waals surface area contributed by atoms with Gasteiger partial charge in [-0.1, -0.05) is 54.4 Å². The third-order valence-corrected chi connectivity index (χ3v) is 5.90. The molecule has 4 rings (SSSR count). The minimum absolute atomic E-state index is 0.212. The zero-order valence-electron chi connectivity index (χ0n) is 17.1. The molecule has 1 amide bonds. The van der Waals surface area contributed by atoms with Crippen molar-refractivity contribution < 1.29 is 4.79 Å². The number of halogens is 2. The van der Waals surface area contributed by atoms with E-state index < -0.39 is 11.2 Å². The Labute approximate surface area is 193 Å². The van der Waals surface area contributed by atoms with Crippen molar-refractivity contribution in [2.24, 2.45) is 0 Å². The molecule has 1 N–H and O–H groups in total. The maximum absolute atomic E-state index is 13.3. The molecule has 0 aliphatic carbocycles. The van der Waals surface area contributed by atoms with E-state index in [1.54, 1.807) is 24.3 Å². The number of fused-ring (bicyclic) bond motifs is 1. The Morgan fingerprint density at radius 2 is 1.66 bits per heavy atom. The summed E-state index contributed by atoms with van der Waals surface area (Å²) >= 11 is 12.1. The number of hydrogen-bond acceptors (Lipinski definition) is 3. The molecule has 1 heterocycles. The number of aryl methyl sites for hydroxylation is 1. The lowest BCUT2D eigenvalue weighted by Crippen LogP contribution is -2.40. The summed E-state index contributed by atoms with van der Waals surface area (Å²) in [5, 5.41) is 3.62. The monoisotopic (exact) mass is 467 g/mol. The van der Waals surface area contributed by atoms with Crippen LogP contribution in [0.4, 0.5) is 5.69 Å². The number of carbonyl (C=O) groups excluding carboxylic acids is 1. The van der Waals surface area contributed by atoms with Gasteiger partial charge in [0.25, 0.3) is 5.56 Å². The van der Waals surface area contributed by atoms with E-state index in [4.69, 9.17) is 23.2 Å². The largest absolute Gasteiger partial charge is 0.336 e. The molecule has 0 aliphatic heterocycles. The molecule has 3 aromatic carbocycles. The third-order valence-electron chi connectivity index (χ3n) is 5.16. The summed E-state index contributed by atoms with van der Waals surface area (Å²) in [6, 6.07) is 18.6. The normalized spacial score (nSPS) is 11.0. The zero-order valence-corrected chi connectivity index (χ0v) is 18.7. The van der Waals surface area contributed by atoms with Crippen LogP contribution in [0.25, 0.3) is 16.6 Å². The van der Waals surface area contributed by atoms with Crippen LogP contribution in [0.1, 0.15) is 12.5 Å². The summed E-state index contributed by atoms with van der Waals surface area (Å²) in [5.74, 6) is -0.388. The number of para-hydroxylation sites is 1. The summed E-state index contributed by atoms with van der Waals surface area (Å²) < 4.78 is 2.27. The van der Waals surface area contributed by atoms with Crippen molar-refractivity contribution in [3.63, 3.8) is 0 Å². The van der Waals surface area contributed by atoms with Crippen molar-refractivity contribution >= 4 is 45.7 Å². The summed E-state index contributed by atoms with van der Waals surface area (Å²) in [6.45, 7) is 1.78. The van der Waals surface area contributed by atoms with Crippen LogP contribution in [-0.2, 0) is 17.8 Å². The molecular weight excluding hydrogens is 449 g/mol. The molecule has 6 nitrogen and oxygen atoms in total. The number of benzene rings is 3. The van der Waals surface area contributed by atoms with Crippen LogP contribution in [-0.4, -0.2) is 15.0 Å². The molecule has 1 aromatic heterocycles. The molecule has 0 spiro atoms. The summed E-state index contributed by atoms with van der Waals surface area (Å²) in [5.41, 5.74) is 1.26. The van der Waals surface area contributed by atoms with Crippen LogP contribution in [0.3, 0.4) is 0 Å². The second-order valence-corrected chi connectivity index (χ2v) is 8.04. The van der Waals surface area contributed by atoms with E-state index in [0.29, 0.717) is 21.6 Å². The topological polar surface area (TPSA) is 73.1 Å². The second-order valence-electron chi connectivity index (χ2n) is 7.22. The van der Waals surface area contributed by atoms with Gasteiger partial charge >= 0.3 is 5.69 Å². The summed E-state index contributed by atoms with van der Waals surface area (Å²) in [7, 11) is 0. The van der Waals surface area contributed by atoms with Gasteiger partial charge in [-0.05, 0) is 54.4 Å². The number of hydrogen-bond donors (Lipinski definition) is 1. The Morgan fingerprint density at radius 3 is 2.34 bits per heavy atom. The van der Waals surface area contributed by atoms with Gasteiger partial charge in [0.1, 0.15) is 6.54 Å². The minimum Gasteiger partial charge on any atom is -0.325 e. The third kappa shape index (κ3) is 4.20. The average Bonchev–Trinajstić information content (AvgIpc) is 2.79. The Bertz CT molecular complexity index is 1440. The molecule has 0 bridgehead atoms. The Kier molecular flexibility index (Phi) is 6.17. The molecule has 162 valence electrons. The lowest BCUT2D eigenvalue weighted by atomic mass is 10.1. The van der Waals surface area contributed by atoms with Crippen LogP contribution in [0, 0.1) is 0 Å². The minimum atomic E-state index is -0.649. The number of nitrogens with one attached hydrogen (secondary N) is 1. The van der Waals surface area contributed by atoms with Gasteiger partial charge < -0.3 is 5.32 Å². The van der Waals surface area contributed by atoms with E-state index in [2.05, 4.69) is 5.32 Å². The maximum Gasteiger partial charge on any atom is 0.336 e. The predicted octanol–water partition coefficient (Wildman–Crippen LogP) is 4.66. The second kappa shape index (κ2) is 9.02. The van der Waals surface area contributed by atoms with Gasteiger partial charge in [0.05, 0.1) is 26.6 Å². The highest BCUT2D eigenvalue weighted by Crippen LogP contribution is 2.23. The molecular formula is C24H19Cl2N3O3. The lowest BCUT2D eigenvalue weighted by molar-refractivity contribution is -0.116. The van der Waals surface area contributed by atoms with Crippen molar-refractivity contribution in [3.05, 3.63) is 103 Å². The highest BCUT2D eigenvalue weighted by atomic mass is 35.5. The number of rotatable bonds is 5. The van der Waals surface area contributed by atoms with Gasteiger partial charge in [0, 0.05) is 5.69 Å². The van der Waals surface area contributed by atoms with E-state index in [0.717, 1.165) is 16.6 Å². The summed E-state index contributed by atoms with van der Waals surface area (Å²) in [6.07, 6.45) is 0.895. The zero-order chi connectivity index (χ0) is 22.8. The summed E-state index contributed by atoms with van der Waals surface area (Å²) in [4.78, 5) is 39.2. The highest BCUT2D eigenvalue weighted by molar-refractivity contribution is 6.42. The van der Waals surface area contributed by atoms with E-state index in [1.165, 1.54) is 22.8 Å². The van der Waals surface area contributed by atoms with Gasteiger partial charge in [0.2, 0.25) is 5.91 Å². The van der Waals surface area contributed by atoms with Crippen molar-refractivity contribution in [1.82, 2.24) is 9.13 Å². The fourth-order valence-corrected chi connectivity index (χ4v) is 3.79. The standard InChI is InChI=1S/C24H19Cl2N3O3/c1-2-15-7-9-16(10-8-15)27-22(30)14-28-21-6-4-3-5-18(21)23(31)29(24(28)32)17-11-12-19(25)20(26)13-17/h3-13H,2,14H2,1H3,(H,27,30). The Hall–Kier alpha value is -3.35. The highest BCUT2D eigenvalue weighted by Gasteiger charge is 2.17. The van der Waals surface area contributed by atoms with Crippen LogP contribution in [0.5, 0.6) is 0 Å². The van der Waals surface area contributed by atoms with Gasteiger partial charge in [-0.15, -0.1) is 0 Å². The van der Waals surface area contributed by atoms with Gasteiger partial charge in [-0.25, -0.2) is 9.36 Å². The van der Waals surface area contributed by atoms with Crippen LogP contribution in [0.15, 0.2) is 76.3 Å². The van der Waals surface area contributed by atoms with E-state index >= 15 is 0 Å². The molecule has 0 aliphatic rings. The first-order chi connectivity index (χ1) is 15.4. The van der Waals surface area contributed by atoms with E-state index in [-0.39, 0.29) is 23.2 Å². The van der Waals surface area contributed by atoms with Crippen molar-refractivity contribution in [2.75, 3.05) is 5.32 Å². The number of anilines is 1. The van der Waals surface area contributed by atoms with Crippen LogP contribution in [0.2, 0.25) is 10.0 Å². The van der Waals surface area contributed by atoms with E-state index in [9.17, 15) is 14.4 Å². The number of nitrogens with zero attached hydrogens (tertiary/aromatic N) is 2. The molecule has 0 unspecified atom stereocenters. The smallest absolute Gasteiger partial charge is 0.325 e. The van der Waals surface area contributed by atoms with Gasteiger partial charge in [-0.2, -0.15) is 0 Å². The van der Waals surface area contributed by atoms with Gasteiger partial charge in [-0.3, -0.25) is 14.2 Å². The SMILES string of the molecule is CCc1ccc(NC(=O)Cn2c(=O)n(-c3ccc(Cl)c(Cl)c3)c(=O)c3ccccc32)cc1. The van der Waals surface area contributed by atoms with Crippen molar-refractivity contribution in [1.29, 1.82) is 0 Å². The first-order valence-corrected chi connectivity index (χ1v) is 10.7. The fraction of sp³-hybridized carbons (Fsp3) is 0.125. The predicted molar refractivity (Wildman–Crippen MR) is 128 cm³/mol. The van der Waals surface area contributed by atoms with Gasteiger partial charge in [0.15, 0.2) is 0 Å². The van der Waals surface area contributed by atoms with Crippen LogP contribution < -0.4 is 16.6 Å². The first-order valence-electron chi connectivity index (χ1n) is 9.98. The molecule has 32 heavy (non-hydrogen) atoms. The number of aromatic nitrogens is 2. The fourth-order valence-electron chi connectivity index (χ4n) is 3.49. The average molecular weight is 468 g/mol. The number of carbonyl (C=O) groups is 1. The molecule has 8 heteroatoms. The Morgan fingerprint density at radius 1 is 0.938 bits per heavy atom. The lowest BCUT2D eigenvalue weighted by Gasteiger charge is -2.14. The maximum atomic E-state index is 13.3. The molecule has 0 saturated heterocycles. The molecule has 0 radical (unpaired) electrons. The quantitative estimate of drug-likeness (QED) is 0.463. The Balaban J connectivity index is 1.79. The van der Waals surface area contributed by atoms with Crippen molar-refractivity contribution in [3.8, 4) is 5.69 Å². The molecule has 0 atom stereocenters. The molecule has 0 saturated carbocycles. The first kappa shape index (κ1) is 21.9. The molecule has 0 fully saturated rings. The van der Waals surface area contributed by atoms with Crippen molar-refractivity contribution in [2.45, 2.75) is 19.9 Å². The van der Waals surface area contributed by atoms with Crippen LogP contribution >= 0.6 is 23.2 Å².